The number of nitrogens with one attached hydrogen (secondary N) is 2. The average molecular weight is 429 g/mol. The van der Waals surface area contributed by atoms with Crippen molar-refractivity contribution in [2.24, 2.45) is 5.10 Å². The van der Waals surface area contributed by atoms with Crippen molar-refractivity contribution >= 4 is 46.8 Å². The van der Waals surface area contributed by atoms with Crippen molar-refractivity contribution in [3.63, 3.8) is 0 Å². The highest BCUT2D eigenvalue weighted by Crippen LogP contribution is 2.25. The number of anilines is 2. The summed E-state index contributed by atoms with van der Waals surface area (Å²) in [5.41, 5.74) is 5.24. The first-order valence-corrected chi connectivity index (χ1v) is 10.8. The van der Waals surface area contributed by atoms with Crippen LogP contribution in [-0.2, 0) is 4.79 Å². The Kier molecular flexibility index (Phi) is 7.09. The van der Waals surface area contributed by atoms with Gasteiger partial charge in [0.25, 0.3) is 5.95 Å². The van der Waals surface area contributed by atoms with Crippen molar-refractivity contribution in [3.8, 4) is 0 Å². The summed E-state index contributed by atoms with van der Waals surface area (Å²) in [6.45, 7) is 1.85. The molecule has 2 heterocycles. The minimum atomic E-state index is -0.152. The van der Waals surface area contributed by atoms with Gasteiger partial charge in [-0.3, -0.25) is 9.78 Å². The molecule has 11 heteroatoms. The lowest BCUT2D eigenvalue weighted by atomic mass is 10.2. The third-order valence-electron chi connectivity index (χ3n) is 3.80. The first-order chi connectivity index (χ1) is 14.1. The quantitative estimate of drug-likeness (QED) is 0.217. The lowest BCUT2D eigenvalue weighted by molar-refractivity contribution is -0.113. The maximum absolute atomic E-state index is 12.3. The van der Waals surface area contributed by atoms with Crippen LogP contribution in [-0.4, -0.2) is 43.5 Å². The highest BCUT2D eigenvalue weighted by atomic mass is 32.2. The molecular weight excluding hydrogens is 408 g/mol. The molecule has 0 saturated carbocycles. The van der Waals surface area contributed by atoms with Crippen molar-refractivity contribution in [2.75, 3.05) is 28.6 Å². The molecule has 0 unspecified atom stereocenters. The summed E-state index contributed by atoms with van der Waals surface area (Å²) in [5.74, 6) is 6.28. The molecule has 9 nitrogen and oxygen atoms in total. The molecule has 0 fully saturated rings. The van der Waals surface area contributed by atoms with E-state index in [0.29, 0.717) is 5.16 Å². The Hall–Kier alpha value is -3.05. The number of thioether (sulfide) groups is 2. The molecule has 0 radical (unpaired) electrons. The molecule has 2 aromatic heterocycles. The molecule has 0 saturated heterocycles. The molecule has 0 aliphatic heterocycles. The number of carbonyl (C=O) groups is 1. The second kappa shape index (κ2) is 9.94. The van der Waals surface area contributed by atoms with Crippen molar-refractivity contribution in [1.29, 1.82) is 0 Å². The molecule has 1 aromatic carbocycles. The van der Waals surface area contributed by atoms with Gasteiger partial charge < -0.3 is 11.2 Å². The van der Waals surface area contributed by atoms with Gasteiger partial charge in [0.2, 0.25) is 11.1 Å². The predicted octanol–water partition coefficient (Wildman–Crippen LogP) is 2.68. The van der Waals surface area contributed by atoms with E-state index in [4.69, 9.17) is 5.84 Å². The lowest BCUT2D eigenvalue weighted by Gasteiger charge is -2.08. The zero-order chi connectivity index (χ0) is 20.6. The van der Waals surface area contributed by atoms with Gasteiger partial charge in [0.1, 0.15) is 0 Å². The second-order valence-electron chi connectivity index (χ2n) is 5.76. The smallest absolute Gasteiger partial charge is 0.264 e. The minimum absolute atomic E-state index is 0.150. The Morgan fingerprint density at radius 2 is 1.97 bits per heavy atom. The van der Waals surface area contributed by atoms with Crippen LogP contribution in [0.4, 0.5) is 11.6 Å². The molecule has 3 aromatic rings. The summed E-state index contributed by atoms with van der Waals surface area (Å²) in [7, 11) is 0. The van der Waals surface area contributed by atoms with Crippen LogP contribution in [0.2, 0.25) is 0 Å². The molecule has 150 valence electrons. The minimum Gasteiger partial charge on any atom is -0.334 e. The van der Waals surface area contributed by atoms with Gasteiger partial charge in [0, 0.05) is 22.9 Å². The second-order valence-corrected chi connectivity index (χ2v) is 7.55. The topological polar surface area (TPSA) is 123 Å². The van der Waals surface area contributed by atoms with Gasteiger partial charge in [-0.15, -0.1) is 22.0 Å². The van der Waals surface area contributed by atoms with E-state index in [1.165, 1.54) is 16.4 Å². The zero-order valence-electron chi connectivity index (χ0n) is 15.9. The summed E-state index contributed by atoms with van der Waals surface area (Å²) >= 11 is 2.76. The van der Waals surface area contributed by atoms with Crippen LogP contribution in [0, 0.1) is 0 Å². The summed E-state index contributed by atoms with van der Waals surface area (Å²) < 4.78 is 1.26. The number of pyridine rings is 1. The third-order valence-corrected chi connectivity index (χ3v) is 5.54. The van der Waals surface area contributed by atoms with E-state index >= 15 is 0 Å². The van der Waals surface area contributed by atoms with Crippen LogP contribution in [0.3, 0.4) is 0 Å². The fourth-order valence-electron chi connectivity index (χ4n) is 2.31. The predicted molar refractivity (Wildman–Crippen MR) is 118 cm³/mol. The number of hydrogen-bond acceptors (Lipinski definition) is 9. The third kappa shape index (κ3) is 5.48. The Morgan fingerprint density at radius 1 is 1.21 bits per heavy atom. The Labute approximate surface area is 176 Å². The Balaban J connectivity index is 1.57. The molecule has 0 spiro atoms. The number of para-hydroxylation sites is 1. The number of hydrogen-bond donors (Lipinski definition) is 3. The van der Waals surface area contributed by atoms with Crippen molar-refractivity contribution in [2.45, 2.75) is 17.0 Å². The highest BCUT2D eigenvalue weighted by molar-refractivity contribution is 7.99. The largest absolute Gasteiger partial charge is 0.334 e. The van der Waals surface area contributed by atoms with Crippen molar-refractivity contribution in [3.05, 3.63) is 54.4 Å². The van der Waals surface area contributed by atoms with Gasteiger partial charge in [-0.1, -0.05) is 23.9 Å². The van der Waals surface area contributed by atoms with E-state index in [9.17, 15) is 4.79 Å². The molecule has 4 N–H and O–H groups in total. The van der Waals surface area contributed by atoms with Gasteiger partial charge in [-0.2, -0.15) is 5.10 Å². The maximum atomic E-state index is 12.3. The van der Waals surface area contributed by atoms with Gasteiger partial charge in [0.05, 0.1) is 17.2 Å². The van der Waals surface area contributed by atoms with Crippen LogP contribution < -0.4 is 16.6 Å². The van der Waals surface area contributed by atoms with Gasteiger partial charge in [-0.05, 0) is 37.4 Å². The summed E-state index contributed by atoms with van der Waals surface area (Å²) in [6.07, 6.45) is 5.35. The number of amides is 1. The standard InChI is InChI=1S/C18H20N8OS2/c1-12(13-7-9-20-10-8-13)22-23-17-24-25-18(26(17)19)29-11-16(27)21-14-5-3-4-6-15(14)28-2/h3-10H,11,19H2,1-2H3,(H,21,27)(H,23,24)/b22-12+. The lowest BCUT2D eigenvalue weighted by Crippen LogP contribution is -2.17. The van der Waals surface area contributed by atoms with Crippen LogP contribution in [0.1, 0.15) is 12.5 Å². The zero-order valence-corrected chi connectivity index (χ0v) is 17.5. The molecule has 3 rings (SSSR count). The number of hydrazone groups is 1. The molecule has 0 aliphatic rings. The van der Waals surface area contributed by atoms with E-state index in [-0.39, 0.29) is 17.6 Å². The molecule has 29 heavy (non-hydrogen) atoms. The average Bonchev–Trinajstić information content (AvgIpc) is 3.11. The Bertz CT molecular complexity index is 1010. The summed E-state index contributed by atoms with van der Waals surface area (Å²) in [5, 5.41) is 15.5. The van der Waals surface area contributed by atoms with Crippen LogP contribution in [0.15, 0.2) is 63.9 Å². The number of nitrogens with zero attached hydrogens (tertiary/aromatic N) is 5. The van der Waals surface area contributed by atoms with Gasteiger partial charge in [0.15, 0.2) is 0 Å². The number of carbonyl (C=O) groups excluding carboxylic acids is 1. The van der Waals surface area contributed by atoms with Crippen LogP contribution >= 0.6 is 23.5 Å². The highest BCUT2D eigenvalue weighted by Gasteiger charge is 2.13. The van der Waals surface area contributed by atoms with Crippen LogP contribution in [0.25, 0.3) is 0 Å². The van der Waals surface area contributed by atoms with E-state index in [1.807, 2.05) is 49.6 Å². The fourth-order valence-corrected chi connectivity index (χ4v) is 3.52. The Morgan fingerprint density at radius 3 is 2.72 bits per heavy atom. The van der Waals surface area contributed by atoms with Gasteiger partial charge >= 0.3 is 0 Å². The number of benzene rings is 1. The monoisotopic (exact) mass is 428 g/mol. The van der Waals surface area contributed by atoms with Crippen molar-refractivity contribution < 1.29 is 4.79 Å². The summed E-state index contributed by atoms with van der Waals surface area (Å²) in [6, 6.07) is 11.3. The number of aromatic nitrogens is 4. The molecule has 0 atom stereocenters. The molecule has 0 bridgehead atoms. The van der Waals surface area contributed by atoms with E-state index in [0.717, 1.165) is 21.9 Å². The first-order valence-electron chi connectivity index (χ1n) is 8.55. The van der Waals surface area contributed by atoms with Crippen LogP contribution in [0.5, 0.6) is 0 Å². The number of rotatable bonds is 8. The van der Waals surface area contributed by atoms with Crippen molar-refractivity contribution in [1.82, 2.24) is 19.9 Å². The number of nitrogens with two attached hydrogens (primary N) is 1. The normalized spacial score (nSPS) is 11.3. The molecule has 1 amide bonds. The summed E-state index contributed by atoms with van der Waals surface area (Å²) in [4.78, 5) is 17.2. The van der Waals surface area contributed by atoms with E-state index < -0.39 is 0 Å². The number of nitrogen functional groups attached to an aromatic ring is 1. The van der Waals surface area contributed by atoms with Gasteiger partial charge in [-0.25, -0.2) is 10.1 Å². The van der Waals surface area contributed by atoms with E-state index in [1.54, 1.807) is 24.2 Å². The molecular formula is C18H20N8OS2. The molecule has 0 aliphatic carbocycles. The SMILES string of the molecule is CSc1ccccc1NC(=O)CSc1nnc(N/N=C(\C)c2ccncc2)n1N. The maximum Gasteiger partial charge on any atom is 0.264 e. The fraction of sp³-hybridized carbons (Fsp3) is 0.167. The van der Waals surface area contributed by atoms with E-state index in [2.05, 4.69) is 31.0 Å². The first kappa shape index (κ1) is 20.7.